The summed E-state index contributed by atoms with van der Waals surface area (Å²) in [7, 11) is 0. The third-order valence-electron chi connectivity index (χ3n) is 5.73. The van der Waals surface area contributed by atoms with E-state index in [0.29, 0.717) is 11.7 Å². The molecule has 1 aliphatic heterocycles. The van der Waals surface area contributed by atoms with Crippen molar-refractivity contribution in [1.29, 1.82) is 0 Å². The van der Waals surface area contributed by atoms with E-state index >= 15 is 0 Å². The number of likely N-dealkylation sites (tertiary alicyclic amines) is 1. The van der Waals surface area contributed by atoms with Crippen molar-refractivity contribution in [2.75, 3.05) is 26.2 Å². The Morgan fingerprint density at radius 2 is 1.68 bits per heavy atom. The van der Waals surface area contributed by atoms with Gasteiger partial charge in [0, 0.05) is 32.5 Å². The molecule has 0 N–H and O–H groups in total. The van der Waals surface area contributed by atoms with Crippen LogP contribution in [0, 0.1) is 11.8 Å². The Morgan fingerprint density at radius 1 is 1.04 bits per heavy atom. The summed E-state index contributed by atoms with van der Waals surface area (Å²) in [6, 6.07) is 8.56. The summed E-state index contributed by atoms with van der Waals surface area (Å²) in [6.07, 6.45) is 5.96. The molecule has 3 rings (SSSR count). The molecule has 3 nitrogen and oxygen atoms in total. The first-order valence-electron chi connectivity index (χ1n) is 10.1. The maximum absolute atomic E-state index is 11.4. The Hall–Kier alpha value is -1.35. The Bertz CT molecular complexity index is 534. The summed E-state index contributed by atoms with van der Waals surface area (Å²) in [5.74, 6) is 3.60. The first kappa shape index (κ1) is 18.4. The third kappa shape index (κ3) is 5.57. The van der Waals surface area contributed by atoms with Crippen LogP contribution in [0.5, 0.6) is 5.75 Å². The zero-order chi connectivity index (χ0) is 17.6. The van der Waals surface area contributed by atoms with E-state index in [-0.39, 0.29) is 0 Å². The van der Waals surface area contributed by atoms with Crippen molar-refractivity contribution in [3.63, 3.8) is 0 Å². The predicted octanol–water partition coefficient (Wildman–Crippen LogP) is 4.66. The maximum Gasteiger partial charge on any atom is 0.132 e. The van der Waals surface area contributed by atoms with Gasteiger partial charge in [0.05, 0.1) is 6.61 Å². The molecule has 0 amide bonds. The van der Waals surface area contributed by atoms with Crippen LogP contribution < -0.4 is 4.74 Å². The number of ether oxygens (including phenoxy) is 1. The highest BCUT2D eigenvalue weighted by atomic mass is 16.5. The molecular weight excluding hydrogens is 310 g/mol. The molecule has 1 aromatic rings. The van der Waals surface area contributed by atoms with Crippen LogP contribution in [0.4, 0.5) is 0 Å². The maximum atomic E-state index is 11.4. The predicted molar refractivity (Wildman–Crippen MR) is 102 cm³/mol. The molecule has 0 aromatic heterocycles. The van der Waals surface area contributed by atoms with Gasteiger partial charge < -0.3 is 9.64 Å². The number of carbonyl (C=O) groups is 1. The van der Waals surface area contributed by atoms with E-state index in [9.17, 15) is 4.79 Å². The molecule has 1 aliphatic carbocycles. The molecule has 2 atom stereocenters. The van der Waals surface area contributed by atoms with Gasteiger partial charge in [-0.15, -0.1) is 0 Å². The minimum atomic E-state index is 0.425. The lowest BCUT2D eigenvalue weighted by Crippen LogP contribution is -2.39. The quantitative estimate of drug-likeness (QED) is 0.704. The normalized spacial score (nSPS) is 25.9. The SMILES string of the molecule is CC1CC(C)CN(CCCOc2ccc(C3CCC(=O)CC3)cc2)C1. The van der Waals surface area contributed by atoms with Gasteiger partial charge in [-0.25, -0.2) is 0 Å². The summed E-state index contributed by atoms with van der Waals surface area (Å²) in [5, 5.41) is 0. The summed E-state index contributed by atoms with van der Waals surface area (Å²) < 4.78 is 5.93. The van der Waals surface area contributed by atoms with Crippen molar-refractivity contribution in [2.24, 2.45) is 11.8 Å². The molecule has 25 heavy (non-hydrogen) atoms. The molecular formula is C22H33NO2. The second-order valence-electron chi connectivity index (χ2n) is 8.29. The highest BCUT2D eigenvalue weighted by molar-refractivity contribution is 5.79. The Labute approximate surface area is 152 Å². The van der Waals surface area contributed by atoms with Gasteiger partial charge >= 0.3 is 0 Å². The van der Waals surface area contributed by atoms with E-state index in [0.717, 1.165) is 62.8 Å². The molecule has 3 heteroatoms. The number of piperidine rings is 1. The van der Waals surface area contributed by atoms with Crippen molar-refractivity contribution in [3.05, 3.63) is 29.8 Å². The van der Waals surface area contributed by atoms with Gasteiger partial charge in [-0.05, 0) is 61.1 Å². The first-order valence-corrected chi connectivity index (χ1v) is 10.1. The smallest absolute Gasteiger partial charge is 0.132 e. The standard InChI is InChI=1S/C22H33NO2/c1-17-14-18(2)16-23(15-17)12-3-13-25-22-10-6-20(7-11-22)19-4-8-21(24)9-5-19/h6-7,10-11,17-19H,3-5,8-9,12-16H2,1-2H3. The van der Waals surface area contributed by atoms with Crippen LogP contribution in [0.1, 0.15) is 63.9 Å². The largest absolute Gasteiger partial charge is 0.494 e. The molecule has 2 aliphatic rings. The van der Waals surface area contributed by atoms with E-state index in [1.807, 2.05) is 0 Å². The molecule has 138 valence electrons. The number of nitrogens with zero attached hydrogens (tertiary/aromatic N) is 1. The van der Waals surface area contributed by atoms with Crippen molar-refractivity contribution in [1.82, 2.24) is 4.90 Å². The second kappa shape index (κ2) is 8.84. The first-order chi connectivity index (χ1) is 12.1. The topological polar surface area (TPSA) is 29.5 Å². The second-order valence-corrected chi connectivity index (χ2v) is 8.29. The highest BCUT2D eigenvalue weighted by Crippen LogP contribution is 2.32. The summed E-state index contributed by atoms with van der Waals surface area (Å²) in [6.45, 7) is 9.14. The van der Waals surface area contributed by atoms with Crippen molar-refractivity contribution >= 4 is 5.78 Å². The van der Waals surface area contributed by atoms with Gasteiger partial charge in [0.15, 0.2) is 0 Å². The van der Waals surface area contributed by atoms with Crippen LogP contribution in [-0.4, -0.2) is 36.9 Å². The fourth-order valence-electron chi connectivity index (χ4n) is 4.56. The Morgan fingerprint density at radius 3 is 2.32 bits per heavy atom. The summed E-state index contributed by atoms with van der Waals surface area (Å²) in [5.41, 5.74) is 1.36. The number of benzene rings is 1. The fraction of sp³-hybridized carbons (Fsp3) is 0.682. The number of hydrogen-bond donors (Lipinski definition) is 0. The van der Waals surface area contributed by atoms with Crippen LogP contribution in [0.15, 0.2) is 24.3 Å². The molecule has 1 saturated carbocycles. The number of carbonyl (C=O) groups excluding carboxylic acids is 1. The zero-order valence-corrected chi connectivity index (χ0v) is 15.9. The lowest BCUT2D eigenvalue weighted by atomic mass is 9.83. The van der Waals surface area contributed by atoms with Gasteiger partial charge in [-0.2, -0.15) is 0 Å². The lowest BCUT2D eigenvalue weighted by Gasteiger charge is -2.34. The molecule has 1 heterocycles. The molecule has 1 saturated heterocycles. The minimum absolute atomic E-state index is 0.425. The van der Waals surface area contributed by atoms with E-state index in [4.69, 9.17) is 4.74 Å². The molecule has 1 aromatic carbocycles. The Balaban J connectivity index is 1.38. The van der Waals surface area contributed by atoms with Crippen LogP contribution in [0.3, 0.4) is 0 Å². The summed E-state index contributed by atoms with van der Waals surface area (Å²) in [4.78, 5) is 14.0. The van der Waals surface area contributed by atoms with E-state index < -0.39 is 0 Å². The molecule has 0 radical (unpaired) electrons. The summed E-state index contributed by atoms with van der Waals surface area (Å²) >= 11 is 0. The van der Waals surface area contributed by atoms with E-state index in [1.165, 1.54) is 25.1 Å². The average Bonchev–Trinajstić information content (AvgIpc) is 2.59. The van der Waals surface area contributed by atoms with E-state index in [1.54, 1.807) is 0 Å². The monoisotopic (exact) mass is 343 g/mol. The number of hydrogen-bond acceptors (Lipinski definition) is 3. The van der Waals surface area contributed by atoms with Gasteiger partial charge in [-0.1, -0.05) is 26.0 Å². The van der Waals surface area contributed by atoms with E-state index in [2.05, 4.69) is 43.0 Å². The van der Waals surface area contributed by atoms with Gasteiger partial charge in [0.2, 0.25) is 0 Å². The molecule has 2 fully saturated rings. The van der Waals surface area contributed by atoms with Crippen LogP contribution >= 0.6 is 0 Å². The van der Waals surface area contributed by atoms with Crippen LogP contribution in [0.25, 0.3) is 0 Å². The highest BCUT2D eigenvalue weighted by Gasteiger charge is 2.21. The Kier molecular flexibility index (Phi) is 6.52. The average molecular weight is 344 g/mol. The number of ketones is 1. The van der Waals surface area contributed by atoms with Crippen molar-refractivity contribution < 1.29 is 9.53 Å². The molecule has 0 spiro atoms. The number of rotatable bonds is 6. The number of Topliss-reactive ketones (excluding diaryl/α,β-unsaturated/α-hetero) is 1. The third-order valence-corrected chi connectivity index (χ3v) is 5.73. The van der Waals surface area contributed by atoms with Crippen LogP contribution in [0.2, 0.25) is 0 Å². The zero-order valence-electron chi connectivity index (χ0n) is 15.9. The van der Waals surface area contributed by atoms with Gasteiger partial charge in [0.1, 0.15) is 11.5 Å². The minimum Gasteiger partial charge on any atom is -0.494 e. The molecule has 2 unspecified atom stereocenters. The van der Waals surface area contributed by atoms with Crippen molar-refractivity contribution in [2.45, 2.75) is 58.3 Å². The van der Waals surface area contributed by atoms with Gasteiger partial charge in [-0.3, -0.25) is 4.79 Å². The fourth-order valence-corrected chi connectivity index (χ4v) is 4.56. The molecule has 0 bridgehead atoms. The van der Waals surface area contributed by atoms with Crippen molar-refractivity contribution in [3.8, 4) is 5.75 Å². The van der Waals surface area contributed by atoms with Gasteiger partial charge in [0.25, 0.3) is 0 Å². The van der Waals surface area contributed by atoms with Crippen LogP contribution in [-0.2, 0) is 4.79 Å². The lowest BCUT2D eigenvalue weighted by molar-refractivity contribution is -0.120.